The zero-order chi connectivity index (χ0) is 10.6. The standard InChI is InChI=1S/C9H16N4S/c1-12-5-4-8(6-12)13(2)9(14-3)11-7-10/h8H,4-6H2,1-3H3. The Morgan fingerprint density at radius 3 is 2.86 bits per heavy atom. The molecule has 78 valence electrons. The van der Waals surface area contributed by atoms with Crippen molar-refractivity contribution >= 4 is 16.9 Å². The molecule has 1 rings (SSSR count). The van der Waals surface area contributed by atoms with Crippen molar-refractivity contribution in [2.24, 2.45) is 4.99 Å². The van der Waals surface area contributed by atoms with Crippen LogP contribution in [0.25, 0.3) is 0 Å². The van der Waals surface area contributed by atoms with E-state index < -0.39 is 0 Å². The largest absolute Gasteiger partial charge is 0.349 e. The number of nitrogens with zero attached hydrogens (tertiary/aromatic N) is 4. The van der Waals surface area contributed by atoms with Crippen LogP contribution in [-0.2, 0) is 0 Å². The van der Waals surface area contributed by atoms with Crippen molar-refractivity contribution in [3.05, 3.63) is 0 Å². The third-order valence-electron chi connectivity index (χ3n) is 2.54. The Morgan fingerprint density at radius 1 is 1.71 bits per heavy atom. The molecule has 0 aromatic carbocycles. The van der Waals surface area contributed by atoms with E-state index in [1.54, 1.807) is 0 Å². The number of hydrogen-bond acceptors (Lipinski definition) is 4. The lowest BCUT2D eigenvalue weighted by Gasteiger charge is -2.25. The Morgan fingerprint density at radius 2 is 2.43 bits per heavy atom. The maximum atomic E-state index is 8.52. The Bertz CT molecular complexity index is 258. The van der Waals surface area contributed by atoms with E-state index in [0.717, 1.165) is 24.7 Å². The van der Waals surface area contributed by atoms with Gasteiger partial charge in [0, 0.05) is 19.6 Å². The highest BCUT2D eigenvalue weighted by Crippen LogP contribution is 2.16. The highest BCUT2D eigenvalue weighted by molar-refractivity contribution is 8.13. The van der Waals surface area contributed by atoms with Gasteiger partial charge < -0.3 is 9.80 Å². The first-order chi connectivity index (χ1) is 6.69. The van der Waals surface area contributed by atoms with E-state index in [4.69, 9.17) is 5.26 Å². The molecule has 14 heavy (non-hydrogen) atoms. The van der Waals surface area contributed by atoms with Crippen LogP contribution in [0.4, 0.5) is 0 Å². The number of thioether (sulfide) groups is 1. The molecule has 0 aliphatic carbocycles. The molecule has 4 nitrogen and oxygen atoms in total. The normalized spacial score (nSPS) is 23.6. The number of nitriles is 1. The highest BCUT2D eigenvalue weighted by atomic mass is 32.2. The zero-order valence-electron chi connectivity index (χ0n) is 8.90. The number of likely N-dealkylation sites (N-methyl/N-ethyl adjacent to an activating group) is 2. The maximum absolute atomic E-state index is 8.52. The van der Waals surface area contributed by atoms with Crippen molar-refractivity contribution in [2.75, 3.05) is 33.4 Å². The predicted octanol–water partition coefficient (Wildman–Crippen LogP) is 0.822. The number of likely N-dealkylation sites (tertiary alicyclic amines) is 1. The summed E-state index contributed by atoms with van der Waals surface area (Å²) in [7, 11) is 4.13. The van der Waals surface area contributed by atoms with E-state index in [1.165, 1.54) is 11.8 Å². The summed E-state index contributed by atoms with van der Waals surface area (Å²) in [5.74, 6) is 0. The van der Waals surface area contributed by atoms with E-state index in [0.29, 0.717) is 6.04 Å². The lowest BCUT2D eigenvalue weighted by Crippen LogP contribution is -2.37. The molecule has 1 aliphatic heterocycles. The molecule has 0 radical (unpaired) electrons. The highest BCUT2D eigenvalue weighted by Gasteiger charge is 2.24. The van der Waals surface area contributed by atoms with Gasteiger partial charge in [0.15, 0.2) is 5.17 Å². The van der Waals surface area contributed by atoms with E-state index in [-0.39, 0.29) is 0 Å². The predicted molar refractivity (Wildman–Crippen MR) is 60.2 cm³/mol. The molecule has 1 saturated heterocycles. The minimum Gasteiger partial charge on any atom is -0.349 e. The van der Waals surface area contributed by atoms with Crippen LogP contribution in [0, 0.1) is 11.5 Å². The molecular formula is C9H16N4S. The van der Waals surface area contributed by atoms with Gasteiger partial charge in [0.2, 0.25) is 6.19 Å². The van der Waals surface area contributed by atoms with Gasteiger partial charge in [-0.05, 0) is 26.3 Å². The van der Waals surface area contributed by atoms with Crippen LogP contribution >= 0.6 is 11.8 Å². The van der Waals surface area contributed by atoms with Crippen molar-refractivity contribution in [3.8, 4) is 6.19 Å². The van der Waals surface area contributed by atoms with Gasteiger partial charge in [-0.15, -0.1) is 4.99 Å². The summed E-state index contributed by atoms with van der Waals surface area (Å²) in [5, 5.41) is 9.34. The summed E-state index contributed by atoms with van der Waals surface area (Å²) >= 11 is 1.53. The summed E-state index contributed by atoms with van der Waals surface area (Å²) < 4.78 is 0. The third kappa shape index (κ3) is 2.63. The van der Waals surface area contributed by atoms with Crippen molar-refractivity contribution in [1.29, 1.82) is 5.26 Å². The minimum absolute atomic E-state index is 0.500. The Hall–Kier alpha value is -0.730. The number of rotatable bonds is 1. The van der Waals surface area contributed by atoms with Gasteiger partial charge >= 0.3 is 0 Å². The van der Waals surface area contributed by atoms with Crippen LogP contribution in [0.5, 0.6) is 0 Å². The summed E-state index contributed by atoms with van der Waals surface area (Å²) in [6.45, 7) is 2.19. The fourth-order valence-electron chi connectivity index (χ4n) is 1.70. The second kappa shape index (κ2) is 5.23. The molecule has 1 heterocycles. The van der Waals surface area contributed by atoms with Crippen LogP contribution < -0.4 is 0 Å². The second-order valence-corrected chi connectivity index (χ2v) is 4.29. The zero-order valence-corrected chi connectivity index (χ0v) is 9.71. The number of aliphatic imine (C=N–C) groups is 1. The Balaban J connectivity index is 2.60. The Kier molecular flexibility index (Phi) is 4.23. The van der Waals surface area contributed by atoms with Crippen molar-refractivity contribution in [2.45, 2.75) is 12.5 Å². The quantitative estimate of drug-likeness (QED) is 0.367. The average Bonchev–Trinajstić information content (AvgIpc) is 2.60. The van der Waals surface area contributed by atoms with Crippen LogP contribution in [0.15, 0.2) is 4.99 Å². The van der Waals surface area contributed by atoms with E-state index >= 15 is 0 Å². The average molecular weight is 212 g/mol. The molecule has 0 aromatic rings. The van der Waals surface area contributed by atoms with Gasteiger partial charge in [-0.2, -0.15) is 5.26 Å². The summed E-state index contributed by atoms with van der Waals surface area (Å²) in [6, 6.07) is 0.500. The van der Waals surface area contributed by atoms with Gasteiger partial charge in [0.05, 0.1) is 0 Å². The van der Waals surface area contributed by atoms with Crippen LogP contribution in [0.2, 0.25) is 0 Å². The van der Waals surface area contributed by atoms with E-state index in [2.05, 4.69) is 21.8 Å². The van der Waals surface area contributed by atoms with Gasteiger partial charge in [0.25, 0.3) is 0 Å². The second-order valence-electron chi connectivity index (χ2n) is 3.51. The first-order valence-corrected chi connectivity index (χ1v) is 5.83. The smallest absolute Gasteiger partial charge is 0.208 e. The molecule has 1 aliphatic rings. The molecule has 1 fully saturated rings. The Labute approximate surface area is 89.6 Å². The van der Waals surface area contributed by atoms with Crippen molar-refractivity contribution < 1.29 is 0 Å². The van der Waals surface area contributed by atoms with Crippen molar-refractivity contribution in [1.82, 2.24) is 9.80 Å². The van der Waals surface area contributed by atoms with Crippen molar-refractivity contribution in [3.63, 3.8) is 0 Å². The van der Waals surface area contributed by atoms with Gasteiger partial charge in [0.1, 0.15) is 0 Å². The SMILES string of the molecule is CSC(=NC#N)N(C)C1CCN(C)C1. The van der Waals surface area contributed by atoms with E-state index in [9.17, 15) is 0 Å². The van der Waals surface area contributed by atoms with Crippen LogP contribution in [0.3, 0.4) is 0 Å². The fourth-order valence-corrected chi connectivity index (χ4v) is 2.26. The number of amidine groups is 1. The molecular weight excluding hydrogens is 196 g/mol. The topological polar surface area (TPSA) is 42.6 Å². The summed E-state index contributed by atoms with van der Waals surface area (Å²) in [4.78, 5) is 8.21. The summed E-state index contributed by atoms with van der Waals surface area (Å²) in [5.41, 5.74) is 0. The molecule has 0 amide bonds. The molecule has 0 bridgehead atoms. The molecule has 0 aromatic heterocycles. The lowest BCUT2D eigenvalue weighted by molar-refractivity contribution is 0.346. The minimum atomic E-state index is 0.500. The maximum Gasteiger partial charge on any atom is 0.208 e. The molecule has 1 unspecified atom stereocenters. The van der Waals surface area contributed by atoms with E-state index in [1.807, 2.05) is 19.5 Å². The monoisotopic (exact) mass is 212 g/mol. The summed E-state index contributed by atoms with van der Waals surface area (Å²) in [6.07, 6.45) is 4.95. The molecule has 0 spiro atoms. The molecule has 0 saturated carbocycles. The van der Waals surface area contributed by atoms with Crippen LogP contribution in [0.1, 0.15) is 6.42 Å². The molecule has 0 N–H and O–H groups in total. The lowest BCUT2D eigenvalue weighted by atomic mass is 10.2. The number of hydrogen-bond donors (Lipinski definition) is 0. The third-order valence-corrected chi connectivity index (χ3v) is 3.29. The first-order valence-electron chi connectivity index (χ1n) is 4.61. The van der Waals surface area contributed by atoms with Gasteiger partial charge in [-0.1, -0.05) is 11.8 Å². The molecule has 1 atom stereocenters. The van der Waals surface area contributed by atoms with Gasteiger partial charge in [-0.25, -0.2) is 0 Å². The molecule has 5 heteroatoms. The fraction of sp³-hybridized carbons (Fsp3) is 0.778. The van der Waals surface area contributed by atoms with Gasteiger partial charge in [-0.3, -0.25) is 0 Å². The first kappa shape index (κ1) is 11.3. The van der Waals surface area contributed by atoms with Crippen LogP contribution in [-0.4, -0.2) is 54.4 Å².